The fourth-order valence-corrected chi connectivity index (χ4v) is 6.28. The van der Waals surface area contributed by atoms with Crippen molar-refractivity contribution in [1.82, 2.24) is 31.1 Å². The first kappa shape index (κ1) is 41.9. The maximum atomic E-state index is 14.1. The van der Waals surface area contributed by atoms with Gasteiger partial charge in [0.2, 0.25) is 29.4 Å². The molecule has 1 saturated carbocycles. The molecular weight excluding hydrogens is 672 g/mol. The van der Waals surface area contributed by atoms with Gasteiger partial charge in [-0.3, -0.25) is 28.8 Å². The molecule has 15 heteroatoms. The second kappa shape index (κ2) is 21.1. The second-order valence-electron chi connectivity index (χ2n) is 14.0. The molecule has 0 spiro atoms. The maximum Gasteiger partial charge on any atom is 0.407 e. The predicted molar refractivity (Wildman–Crippen MR) is 191 cm³/mol. The van der Waals surface area contributed by atoms with Gasteiger partial charge in [0.1, 0.15) is 18.1 Å². The molecule has 1 heterocycles. The van der Waals surface area contributed by atoms with E-state index in [4.69, 9.17) is 9.47 Å². The third-order valence-electron chi connectivity index (χ3n) is 9.16. The number of nitrogens with one attached hydrogen (secondary N) is 4. The molecule has 3 rings (SSSR count). The van der Waals surface area contributed by atoms with Gasteiger partial charge in [-0.15, -0.1) is 0 Å². The molecule has 1 aromatic carbocycles. The number of hydrogen-bond donors (Lipinski definition) is 4. The number of unbranched alkanes of at least 4 members (excludes halogenated alkanes) is 1. The Hall–Kier alpha value is -4.53. The normalized spacial score (nSPS) is 18.0. The third-order valence-corrected chi connectivity index (χ3v) is 9.16. The molecule has 2 fully saturated rings. The molecular formula is C37H56N6O9. The summed E-state index contributed by atoms with van der Waals surface area (Å²) in [7, 11) is 3.11. The van der Waals surface area contributed by atoms with Crippen molar-refractivity contribution in [2.45, 2.75) is 96.3 Å². The van der Waals surface area contributed by atoms with Gasteiger partial charge in [-0.25, -0.2) is 4.79 Å². The van der Waals surface area contributed by atoms with Crippen LogP contribution in [0.15, 0.2) is 30.3 Å². The van der Waals surface area contributed by atoms with Crippen molar-refractivity contribution in [1.29, 1.82) is 0 Å². The van der Waals surface area contributed by atoms with Gasteiger partial charge in [0.05, 0.1) is 32.4 Å². The number of benzene rings is 1. The number of ether oxygens (including phenoxy) is 2. The zero-order valence-electron chi connectivity index (χ0n) is 31.1. The third kappa shape index (κ3) is 12.6. The highest BCUT2D eigenvalue weighted by molar-refractivity contribution is 6.38. The second-order valence-corrected chi connectivity index (χ2v) is 14.0. The van der Waals surface area contributed by atoms with E-state index >= 15 is 0 Å². The SMILES string of the molecule is CCCCC(NC(=O)[C@@H]1COCCN1C(=O)[C@@H](NC(=O)OCC(C)C)C1CCCCC1)C(=O)C(=O)NCC(=O)N[C@H](C(=O)N(C)C)c1ccccc1. The minimum atomic E-state index is -1.24. The van der Waals surface area contributed by atoms with Crippen molar-refractivity contribution in [3.8, 4) is 0 Å². The van der Waals surface area contributed by atoms with Crippen LogP contribution < -0.4 is 21.3 Å². The van der Waals surface area contributed by atoms with Crippen LogP contribution in [0.5, 0.6) is 0 Å². The van der Waals surface area contributed by atoms with Crippen LogP contribution in [0.2, 0.25) is 0 Å². The number of nitrogens with zero attached hydrogens (tertiary/aromatic N) is 2. The number of carbonyl (C=O) groups is 7. The number of amides is 6. The van der Waals surface area contributed by atoms with Crippen LogP contribution in [-0.4, -0.2) is 116 Å². The zero-order chi connectivity index (χ0) is 38.2. The van der Waals surface area contributed by atoms with Gasteiger partial charge in [0.15, 0.2) is 0 Å². The molecule has 52 heavy (non-hydrogen) atoms. The topological polar surface area (TPSA) is 193 Å². The van der Waals surface area contributed by atoms with E-state index in [2.05, 4.69) is 21.3 Å². The number of ketones is 1. The Kier molecular flexibility index (Phi) is 17.0. The van der Waals surface area contributed by atoms with Crippen molar-refractivity contribution < 1.29 is 43.0 Å². The van der Waals surface area contributed by atoms with Crippen LogP contribution >= 0.6 is 0 Å². The van der Waals surface area contributed by atoms with Crippen molar-refractivity contribution >= 4 is 41.4 Å². The molecule has 15 nitrogen and oxygen atoms in total. The van der Waals surface area contributed by atoms with Crippen molar-refractivity contribution in [3.05, 3.63) is 35.9 Å². The predicted octanol–water partition coefficient (Wildman–Crippen LogP) is 1.85. The van der Waals surface area contributed by atoms with Gasteiger partial charge in [0, 0.05) is 20.6 Å². The summed E-state index contributed by atoms with van der Waals surface area (Å²) in [6, 6.07) is 4.36. The van der Waals surface area contributed by atoms with Crippen LogP contribution in [0.1, 0.15) is 83.7 Å². The van der Waals surface area contributed by atoms with Gasteiger partial charge in [-0.2, -0.15) is 0 Å². The summed E-state index contributed by atoms with van der Waals surface area (Å²) in [6.45, 7) is 5.45. The number of Topliss-reactive ketones (excluding diaryl/α,β-unsaturated/α-hetero) is 1. The molecule has 1 aliphatic carbocycles. The average Bonchev–Trinajstić information content (AvgIpc) is 3.15. The smallest absolute Gasteiger partial charge is 0.407 e. The van der Waals surface area contributed by atoms with Crippen LogP contribution in [0.3, 0.4) is 0 Å². The first-order valence-corrected chi connectivity index (χ1v) is 18.3. The summed E-state index contributed by atoms with van der Waals surface area (Å²) in [5.41, 5.74) is 0.547. The van der Waals surface area contributed by atoms with Crippen LogP contribution in [0.4, 0.5) is 4.79 Å². The summed E-state index contributed by atoms with van der Waals surface area (Å²) >= 11 is 0. The number of carbonyl (C=O) groups excluding carboxylic acids is 7. The standard InChI is InChI=1S/C37H56N6O9/c1-6-7-18-27(32(45)34(47)38-21-29(44)40-30(35(48)42(4)5)25-14-10-8-11-15-25)39-33(46)28-23-51-20-19-43(28)36(49)31(26-16-12-9-13-17-26)41-37(50)52-22-24(2)3/h8,10-11,14-15,24,26-28,30-31H,6-7,9,12-13,16-23H2,1-5H3,(H,38,47)(H,39,46)(H,40,44)(H,41,50)/t27?,28-,30-,31-/m0/s1. The van der Waals surface area contributed by atoms with Gasteiger partial charge in [-0.1, -0.05) is 83.2 Å². The number of hydrogen-bond acceptors (Lipinski definition) is 9. The van der Waals surface area contributed by atoms with E-state index in [0.29, 0.717) is 18.4 Å². The molecule has 4 N–H and O–H groups in total. The van der Waals surface area contributed by atoms with Crippen LogP contribution in [-0.2, 0) is 38.2 Å². The Morgan fingerprint density at radius 2 is 1.65 bits per heavy atom. The van der Waals surface area contributed by atoms with E-state index in [1.54, 1.807) is 44.4 Å². The number of morpholine rings is 1. The van der Waals surface area contributed by atoms with Crippen molar-refractivity contribution in [2.24, 2.45) is 11.8 Å². The van der Waals surface area contributed by atoms with E-state index in [0.717, 1.165) is 32.1 Å². The van der Waals surface area contributed by atoms with Gasteiger partial charge in [0.25, 0.3) is 5.91 Å². The summed E-state index contributed by atoms with van der Waals surface area (Å²) in [6.07, 6.45) is 4.96. The lowest BCUT2D eigenvalue weighted by Crippen LogP contribution is -2.63. The summed E-state index contributed by atoms with van der Waals surface area (Å²) in [4.78, 5) is 95.4. The minimum absolute atomic E-state index is 0.0896. The van der Waals surface area contributed by atoms with Crippen molar-refractivity contribution in [3.63, 3.8) is 0 Å². The molecule has 1 unspecified atom stereocenters. The van der Waals surface area contributed by atoms with E-state index in [1.165, 1.54) is 9.80 Å². The average molecular weight is 729 g/mol. The Labute approximate surface area is 306 Å². The highest BCUT2D eigenvalue weighted by Gasteiger charge is 2.41. The Bertz CT molecular complexity index is 1380. The summed E-state index contributed by atoms with van der Waals surface area (Å²) in [5.74, 6) is -4.25. The van der Waals surface area contributed by atoms with Gasteiger partial charge >= 0.3 is 6.09 Å². The highest BCUT2D eigenvalue weighted by Crippen LogP contribution is 2.28. The molecule has 0 bridgehead atoms. The molecule has 1 aliphatic heterocycles. The van der Waals surface area contributed by atoms with E-state index in [-0.39, 0.29) is 50.5 Å². The largest absolute Gasteiger partial charge is 0.449 e. The number of alkyl carbamates (subject to hydrolysis) is 1. The Morgan fingerprint density at radius 3 is 2.29 bits per heavy atom. The molecule has 0 radical (unpaired) electrons. The molecule has 4 atom stereocenters. The molecule has 1 saturated heterocycles. The lowest BCUT2D eigenvalue weighted by molar-refractivity contribution is -0.152. The van der Waals surface area contributed by atoms with E-state index in [1.807, 2.05) is 20.8 Å². The minimum Gasteiger partial charge on any atom is -0.449 e. The molecule has 0 aromatic heterocycles. The van der Waals surface area contributed by atoms with E-state index < -0.39 is 66.2 Å². The quantitative estimate of drug-likeness (QED) is 0.173. The lowest BCUT2D eigenvalue weighted by Gasteiger charge is -2.39. The fourth-order valence-electron chi connectivity index (χ4n) is 6.28. The molecule has 2 aliphatic rings. The molecule has 1 aromatic rings. The number of rotatable bonds is 17. The summed E-state index contributed by atoms with van der Waals surface area (Å²) in [5, 5.41) is 10.4. The lowest BCUT2D eigenvalue weighted by atomic mass is 9.83. The fraction of sp³-hybridized carbons (Fsp3) is 0.649. The Morgan fingerprint density at radius 1 is 0.962 bits per heavy atom. The monoisotopic (exact) mass is 728 g/mol. The first-order valence-electron chi connectivity index (χ1n) is 18.3. The van der Waals surface area contributed by atoms with Gasteiger partial charge < -0.3 is 40.5 Å². The Balaban J connectivity index is 1.69. The molecule has 6 amide bonds. The van der Waals surface area contributed by atoms with Gasteiger partial charge in [-0.05, 0) is 36.7 Å². The summed E-state index contributed by atoms with van der Waals surface area (Å²) < 4.78 is 10.9. The molecule has 288 valence electrons. The van der Waals surface area contributed by atoms with Crippen LogP contribution in [0, 0.1) is 11.8 Å². The van der Waals surface area contributed by atoms with Crippen LogP contribution in [0.25, 0.3) is 0 Å². The van der Waals surface area contributed by atoms with E-state index in [9.17, 15) is 33.6 Å². The highest BCUT2D eigenvalue weighted by atomic mass is 16.5. The number of likely N-dealkylation sites (N-methyl/N-ethyl adjacent to an activating group) is 1. The van der Waals surface area contributed by atoms with Crippen molar-refractivity contribution in [2.75, 3.05) is 47.0 Å². The zero-order valence-corrected chi connectivity index (χ0v) is 31.1. The first-order chi connectivity index (χ1) is 24.8. The maximum absolute atomic E-state index is 14.1.